The summed E-state index contributed by atoms with van der Waals surface area (Å²) in [7, 11) is -3.18. The molecule has 4 rings (SSSR count). The number of hydrogen-bond acceptors (Lipinski definition) is 6. The molecule has 0 saturated carbocycles. The van der Waals surface area contributed by atoms with Gasteiger partial charge in [-0.25, -0.2) is 13.2 Å². The van der Waals surface area contributed by atoms with Crippen molar-refractivity contribution in [1.82, 2.24) is 24.9 Å². The Kier molecular flexibility index (Phi) is 6.11. The van der Waals surface area contributed by atoms with Gasteiger partial charge in [-0.05, 0) is 42.7 Å². The number of urea groups is 1. The van der Waals surface area contributed by atoms with Gasteiger partial charge in [-0.2, -0.15) is 24.1 Å². The van der Waals surface area contributed by atoms with E-state index in [9.17, 15) is 13.2 Å². The first-order chi connectivity index (χ1) is 15.7. The summed E-state index contributed by atoms with van der Waals surface area (Å²) in [6, 6.07) is 8.19. The van der Waals surface area contributed by atoms with Crippen molar-refractivity contribution in [3.8, 4) is 11.3 Å². The fourth-order valence-electron chi connectivity index (χ4n) is 3.82. The molecule has 0 aliphatic carbocycles. The molecule has 0 unspecified atom stereocenters. The molecular weight excluding hydrogens is 454 g/mol. The molecule has 174 valence electrons. The number of aryl methyl sites for hydroxylation is 1. The Balaban J connectivity index is 1.43. The fraction of sp³-hybridized carbons (Fsp3) is 0.333. The third-order valence-electron chi connectivity index (χ3n) is 5.73. The van der Waals surface area contributed by atoms with Crippen LogP contribution in [0.5, 0.6) is 0 Å². The van der Waals surface area contributed by atoms with Crippen LogP contribution in [0.4, 0.5) is 19.3 Å². The van der Waals surface area contributed by atoms with Crippen LogP contribution in [0.15, 0.2) is 59.9 Å². The van der Waals surface area contributed by atoms with Gasteiger partial charge in [0.25, 0.3) is 0 Å². The number of likely N-dealkylation sites (tertiary alicyclic amines) is 1. The van der Waals surface area contributed by atoms with Gasteiger partial charge >= 0.3 is 11.3 Å². The highest BCUT2D eigenvalue weighted by molar-refractivity contribution is 7.92. The average molecular weight is 477 g/mol. The van der Waals surface area contributed by atoms with Crippen molar-refractivity contribution in [1.29, 1.82) is 0 Å². The van der Waals surface area contributed by atoms with Crippen LogP contribution >= 0.6 is 0 Å². The molecule has 2 amide bonds. The van der Waals surface area contributed by atoms with Crippen LogP contribution < -0.4 is 5.32 Å². The molecule has 1 N–H and O–H groups in total. The fourth-order valence-corrected chi connectivity index (χ4v) is 5.31. The number of aromatic nitrogens is 4. The van der Waals surface area contributed by atoms with Gasteiger partial charge < -0.3 is 10.2 Å². The van der Waals surface area contributed by atoms with E-state index in [1.165, 1.54) is 41.6 Å². The molecule has 2 aromatic heterocycles. The number of hydrogen-bond donors (Lipinski definition) is 1. The number of alkyl halides is 2. The van der Waals surface area contributed by atoms with Crippen molar-refractivity contribution in [2.24, 2.45) is 13.0 Å². The van der Waals surface area contributed by atoms with Gasteiger partial charge in [-0.15, -0.1) is 0 Å². The van der Waals surface area contributed by atoms with Gasteiger partial charge in [-0.3, -0.25) is 4.68 Å². The van der Waals surface area contributed by atoms with Gasteiger partial charge in [0.05, 0.1) is 28.7 Å². The number of carbonyl (C=O) groups excluding carboxylic acids is 1. The smallest absolute Gasteiger partial charge is 0.325 e. The monoisotopic (exact) mass is 476 g/mol. The number of nitrogens with zero attached hydrogens (tertiary/aromatic N) is 5. The zero-order valence-electron chi connectivity index (χ0n) is 17.7. The lowest BCUT2D eigenvalue weighted by Gasteiger charge is -2.35. The molecule has 1 fully saturated rings. The lowest BCUT2D eigenvalue weighted by atomic mass is 9.97. The van der Waals surface area contributed by atoms with Crippen molar-refractivity contribution in [3.05, 3.63) is 55.0 Å². The Morgan fingerprint density at radius 1 is 1.06 bits per heavy atom. The van der Waals surface area contributed by atoms with Gasteiger partial charge in [0.15, 0.2) is 0 Å². The third-order valence-corrected chi connectivity index (χ3v) is 7.68. The maximum atomic E-state index is 15.1. The van der Waals surface area contributed by atoms with Crippen molar-refractivity contribution < 1.29 is 22.0 Å². The zero-order valence-corrected chi connectivity index (χ0v) is 18.5. The summed E-state index contributed by atoms with van der Waals surface area (Å²) in [5.74, 6) is -1.40. The second-order valence-electron chi connectivity index (χ2n) is 7.75. The van der Waals surface area contributed by atoms with Gasteiger partial charge in [-0.1, -0.05) is 12.1 Å². The maximum Gasteiger partial charge on any atom is 0.352 e. The highest BCUT2D eigenvalue weighted by atomic mass is 32.2. The van der Waals surface area contributed by atoms with Crippen LogP contribution in [0.1, 0.15) is 12.8 Å². The lowest BCUT2D eigenvalue weighted by Crippen LogP contribution is -2.47. The molecular formula is C21H22F2N6O3S. The Labute approximate surface area is 189 Å². The average Bonchev–Trinajstić information content (AvgIpc) is 3.25. The van der Waals surface area contributed by atoms with E-state index in [4.69, 9.17) is 0 Å². The second-order valence-corrected chi connectivity index (χ2v) is 9.77. The molecule has 1 aliphatic rings. The van der Waals surface area contributed by atoms with E-state index in [0.717, 1.165) is 5.69 Å². The van der Waals surface area contributed by atoms with Crippen LogP contribution in [0, 0.1) is 5.92 Å². The van der Waals surface area contributed by atoms with Crippen molar-refractivity contribution in [2.75, 3.05) is 18.4 Å². The topological polar surface area (TPSA) is 110 Å². The first kappa shape index (κ1) is 22.8. The van der Waals surface area contributed by atoms with Crippen LogP contribution in [0.3, 0.4) is 0 Å². The van der Waals surface area contributed by atoms with E-state index in [-0.39, 0.29) is 25.9 Å². The summed E-state index contributed by atoms with van der Waals surface area (Å²) in [5.41, 5.74) is 1.83. The van der Waals surface area contributed by atoms with E-state index in [1.54, 1.807) is 30.1 Å². The molecule has 1 aromatic carbocycles. The molecule has 3 heterocycles. The number of nitrogens with one attached hydrogen (secondary N) is 1. The van der Waals surface area contributed by atoms with E-state index in [0.29, 0.717) is 11.3 Å². The van der Waals surface area contributed by atoms with E-state index >= 15 is 8.78 Å². The number of piperidine rings is 1. The molecule has 0 bridgehead atoms. The predicted octanol–water partition coefficient (Wildman–Crippen LogP) is 3.19. The lowest BCUT2D eigenvalue weighted by molar-refractivity contribution is 0.000425. The first-order valence-electron chi connectivity index (χ1n) is 10.2. The number of carbonyl (C=O) groups is 1. The van der Waals surface area contributed by atoms with E-state index in [1.807, 2.05) is 0 Å². The van der Waals surface area contributed by atoms with Crippen LogP contribution in [-0.2, 0) is 16.9 Å². The van der Waals surface area contributed by atoms with E-state index in [2.05, 4.69) is 20.6 Å². The normalized spacial score (nSPS) is 15.4. The summed E-state index contributed by atoms with van der Waals surface area (Å²) >= 11 is 0. The van der Waals surface area contributed by atoms with Gasteiger partial charge in [0.2, 0.25) is 9.84 Å². The number of sulfone groups is 1. The van der Waals surface area contributed by atoms with Crippen molar-refractivity contribution in [2.45, 2.75) is 23.0 Å². The number of anilines is 1. The van der Waals surface area contributed by atoms with Crippen molar-refractivity contribution in [3.63, 3.8) is 0 Å². The summed E-state index contributed by atoms with van der Waals surface area (Å²) in [6.07, 6.45) is 4.10. The Morgan fingerprint density at radius 3 is 2.33 bits per heavy atom. The summed E-state index contributed by atoms with van der Waals surface area (Å²) < 4.78 is 57.5. The largest absolute Gasteiger partial charge is 0.352 e. The molecule has 0 atom stereocenters. The highest BCUT2D eigenvalue weighted by Crippen LogP contribution is 2.41. The Hall–Kier alpha value is -3.41. The van der Waals surface area contributed by atoms with Crippen LogP contribution in [-0.4, -0.2) is 57.7 Å². The molecule has 9 nitrogen and oxygen atoms in total. The minimum absolute atomic E-state index is 0.0134. The molecule has 3 aromatic rings. The predicted molar refractivity (Wildman–Crippen MR) is 116 cm³/mol. The molecule has 12 heteroatoms. The summed E-state index contributed by atoms with van der Waals surface area (Å²) in [4.78, 5) is 13.3. The Morgan fingerprint density at radius 2 is 1.76 bits per heavy atom. The molecule has 1 saturated heterocycles. The molecule has 0 radical (unpaired) electrons. The minimum atomic E-state index is -4.91. The quantitative estimate of drug-likeness (QED) is 0.606. The second kappa shape index (κ2) is 8.85. The minimum Gasteiger partial charge on any atom is -0.325 e. The highest BCUT2D eigenvalue weighted by Gasteiger charge is 2.53. The number of benzene rings is 1. The Bertz CT molecular complexity index is 1220. The van der Waals surface area contributed by atoms with Crippen LogP contribution in [0.2, 0.25) is 0 Å². The summed E-state index contributed by atoms with van der Waals surface area (Å²) in [5, 5.41) is 9.97. The van der Waals surface area contributed by atoms with Crippen molar-refractivity contribution >= 4 is 21.6 Å². The summed E-state index contributed by atoms with van der Waals surface area (Å²) in [6.45, 7) is 0.0269. The van der Waals surface area contributed by atoms with Crippen LogP contribution in [0.25, 0.3) is 11.3 Å². The van der Waals surface area contributed by atoms with Gasteiger partial charge in [0, 0.05) is 32.3 Å². The van der Waals surface area contributed by atoms with Gasteiger partial charge in [0.1, 0.15) is 0 Å². The third kappa shape index (κ3) is 4.42. The maximum absolute atomic E-state index is 15.1. The molecule has 0 spiro atoms. The number of halogens is 2. The number of amides is 2. The SMILES string of the molecule is Cn1nccc1-c1ccc(S(=O)(=O)C(F)(F)C2CCN(C(=O)Nc3ccnnc3)CC2)cc1. The first-order valence-corrected chi connectivity index (χ1v) is 11.7. The number of rotatable bonds is 5. The van der Waals surface area contributed by atoms with E-state index < -0.39 is 31.9 Å². The molecule has 1 aliphatic heterocycles. The molecule has 33 heavy (non-hydrogen) atoms. The standard InChI is InChI=1S/C21H22F2N6O3S/c1-28-19(7-11-26-28)15-2-4-18(5-3-15)33(31,32)21(22,23)16-8-12-29(13-9-16)20(30)27-17-6-10-24-25-14-17/h2-7,10-11,14,16H,8-9,12-13H2,1H3,(H,24,27,30). The zero-order chi connectivity index (χ0) is 23.6.